The van der Waals surface area contributed by atoms with Gasteiger partial charge >= 0.3 is 0 Å². The largest absolute Gasteiger partial charge is 0.497 e. The van der Waals surface area contributed by atoms with Crippen LogP contribution in [0.15, 0.2) is 63.9 Å². The third-order valence-electron chi connectivity index (χ3n) is 3.72. The molecule has 0 aliphatic rings. The molecule has 0 saturated carbocycles. The van der Waals surface area contributed by atoms with Crippen LogP contribution in [-0.4, -0.2) is 15.5 Å². The fraction of sp³-hybridized carbons (Fsp3) is 0.158. The number of furan rings is 1. The van der Waals surface area contributed by atoms with Gasteiger partial charge in [-0.3, -0.25) is 4.72 Å². The zero-order chi connectivity index (χ0) is 18.0. The highest BCUT2D eigenvalue weighted by Crippen LogP contribution is 2.28. The first-order valence-electron chi connectivity index (χ1n) is 7.73. The summed E-state index contributed by atoms with van der Waals surface area (Å²) in [6.45, 7) is 3.77. The molecule has 2 aromatic carbocycles. The van der Waals surface area contributed by atoms with Crippen LogP contribution >= 0.6 is 0 Å². The molecule has 0 aliphatic heterocycles. The minimum absolute atomic E-state index is 0.171. The summed E-state index contributed by atoms with van der Waals surface area (Å²) in [7, 11) is -2.15. The van der Waals surface area contributed by atoms with Gasteiger partial charge in [0.25, 0.3) is 10.0 Å². The number of hydrogen-bond acceptors (Lipinski definition) is 4. The molecule has 0 bridgehead atoms. The number of hydrogen-bond donors (Lipinski definition) is 1. The number of sulfonamides is 1. The predicted molar refractivity (Wildman–Crippen MR) is 97.4 cm³/mol. The van der Waals surface area contributed by atoms with Crippen molar-refractivity contribution in [3.05, 3.63) is 65.9 Å². The van der Waals surface area contributed by atoms with Crippen LogP contribution in [0.1, 0.15) is 11.3 Å². The average Bonchev–Trinajstić information content (AvgIpc) is 3.00. The molecule has 1 aromatic heterocycles. The second kappa shape index (κ2) is 6.64. The molecular weight excluding hydrogens is 338 g/mol. The van der Waals surface area contributed by atoms with E-state index in [9.17, 15) is 8.42 Å². The van der Waals surface area contributed by atoms with Gasteiger partial charge in [-0.15, -0.1) is 0 Å². The first-order valence-corrected chi connectivity index (χ1v) is 9.21. The van der Waals surface area contributed by atoms with Crippen LogP contribution < -0.4 is 9.46 Å². The van der Waals surface area contributed by atoms with Crippen molar-refractivity contribution in [2.24, 2.45) is 0 Å². The Morgan fingerprint density at radius 2 is 1.68 bits per heavy atom. The average molecular weight is 357 g/mol. The van der Waals surface area contributed by atoms with Gasteiger partial charge in [0.05, 0.1) is 12.0 Å². The molecule has 0 radical (unpaired) electrons. The van der Waals surface area contributed by atoms with Gasteiger partial charge in [-0.2, -0.15) is 0 Å². The highest BCUT2D eigenvalue weighted by molar-refractivity contribution is 7.92. The molecule has 0 saturated heterocycles. The Bertz CT molecular complexity index is 989. The highest BCUT2D eigenvalue weighted by atomic mass is 32.2. The van der Waals surface area contributed by atoms with E-state index in [2.05, 4.69) is 4.72 Å². The number of benzene rings is 2. The lowest BCUT2D eigenvalue weighted by atomic mass is 10.1. The minimum atomic E-state index is -3.68. The molecule has 6 heteroatoms. The van der Waals surface area contributed by atoms with E-state index in [1.54, 1.807) is 24.3 Å². The monoisotopic (exact) mass is 357 g/mol. The Balaban J connectivity index is 1.92. The molecule has 1 heterocycles. The van der Waals surface area contributed by atoms with Crippen LogP contribution in [0.25, 0.3) is 11.3 Å². The van der Waals surface area contributed by atoms with Gasteiger partial charge in [0, 0.05) is 11.3 Å². The smallest absolute Gasteiger partial charge is 0.261 e. The van der Waals surface area contributed by atoms with Gasteiger partial charge in [0.1, 0.15) is 17.3 Å². The van der Waals surface area contributed by atoms with Crippen molar-refractivity contribution >= 4 is 15.7 Å². The first kappa shape index (κ1) is 17.1. The SMILES string of the molecule is COc1ccc(S(=O)(=O)Nc2cc(C)cc(-c3ccc(C)o3)c2)cc1. The van der Waals surface area contributed by atoms with E-state index in [0.717, 1.165) is 16.9 Å². The summed E-state index contributed by atoms with van der Waals surface area (Å²) < 4.78 is 38.5. The molecule has 25 heavy (non-hydrogen) atoms. The van der Waals surface area contributed by atoms with Gasteiger partial charge in [-0.1, -0.05) is 0 Å². The Labute approximate surface area is 147 Å². The van der Waals surface area contributed by atoms with Crippen LogP contribution in [0.4, 0.5) is 5.69 Å². The molecule has 3 rings (SSSR count). The van der Waals surface area contributed by atoms with E-state index >= 15 is 0 Å². The lowest BCUT2D eigenvalue weighted by Crippen LogP contribution is -2.13. The highest BCUT2D eigenvalue weighted by Gasteiger charge is 2.15. The number of anilines is 1. The Kier molecular flexibility index (Phi) is 4.55. The summed E-state index contributed by atoms with van der Waals surface area (Å²) in [5, 5.41) is 0. The molecular formula is C19H19NO4S. The van der Waals surface area contributed by atoms with E-state index in [4.69, 9.17) is 9.15 Å². The second-order valence-corrected chi connectivity index (χ2v) is 7.46. The normalized spacial score (nSPS) is 11.3. The second-order valence-electron chi connectivity index (χ2n) is 5.78. The Morgan fingerprint density at radius 3 is 2.28 bits per heavy atom. The van der Waals surface area contributed by atoms with Crippen molar-refractivity contribution in [2.45, 2.75) is 18.7 Å². The summed E-state index contributed by atoms with van der Waals surface area (Å²) in [5.41, 5.74) is 2.24. The third kappa shape index (κ3) is 3.85. The molecule has 5 nitrogen and oxygen atoms in total. The van der Waals surface area contributed by atoms with Crippen molar-refractivity contribution in [3.63, 3.8) is 0 Å². The molecule has 0 atom stereocenters. The Morgan fingerprint density at radius 1 is 0.960 bits per heavy atom. The van der Waals surface area contributed by atoms with E-state index in [1.165, 1.54) is 19.2 Å². The zero-order valence-electron chi connectivity index (χ0n) is 14.2. The van der Waals surface area contributed by atoms with E-state index in [0.29, 0.717) is 17.2 Å². The molecule has 0 fully saturated rings. The quantitative estimate of drug-likeness (QED) is 0.736. The first-order chi connectivity index (χ1) is 11.9. The van der Waals surface area contributed by atoms with Crippen molar-refractivity contribution < 1.29 is 17.6 Å². The van der Waals surface area contributed by atoms with Crippen LogP contribution in [0, 0.1) is 13.8 Å². The summed E-state index contributed by atoms with van der Waals surface area (Å²) in [4.78, 5) is 0.171. The van der Waals surface area contributed by atoms with Gasteiger partial charge < -0.3 is 9.15 Å². The Hall–Kier alpha value is -2.73. The van der Waals surface area contributed by atoms with Crippen LogP contribution in [0.3, 0.4) is 0 Å². The third-order valence-corrected chi connectivity index (χ3v) is 5.12. The van der Waals surface area contributed by atoms with Gasteiger partial charge in [-0.25, -0.2) is 8.42 Å². The maximum atomic E-state index is 12.6. The van der Waals surface area contributed by atoms with Gasteiger partial charge in [-0.05, 0) is 74.0 Å². The van der Waals surface area contributed by atoms with Crippen LogP contribution in [0.2, 0.25) is 0 Å². The number of methoxy groups -OCH3 is 1. The van der Waals surface area contributed by atoms with Gasteiger partial charge in [0.2, 0.25) is 0 Å². The topological polar surface area (TPSA) is 68.5 Å². The maximum absolute atomic E-state index is 12.6. The van der Waals surface area contributed by atoms with Crippen LogP contribution in [0.5, 0.6) is 5.75 Å². The minimum Gasteiger partial charge on any atom is -0.497 e. The number of rotatable bonds is 5. The molecule has 0 amide bonds. The lowest BCUT2D eigenvalue weighted by molar-refractivity contribution is 0.414. The zero-order valence-corrected chi connectivity index (χ0v) is 15.1. The molecule has 0 aliphatic carbocycles. The molecule has 0 spiro atoms. The maximum Gasteiger partial charge on any atom is 0.261 e. The number of ether oxygens (including phenoxy) is 1. The fourth-order valence-electron chi connectivity index (χ4n) is 2.54. The van der Waals surface area contributed by atoms with E-state index < -0.39 is 10.0 Å². The van der Waals surface area contributed by atoms with Crippen molar-refractivity contribution in [3.8, 4) is 17.1 Å². The molecule has 130 valence electrons. The van der Waals surface area contributed by atoms with Crippen molar-refractivity contribution in [1.29, 1.82) is 0 Å². The molecule has 0 unspecified atom stereocenters. The summed E-state index contributed by atoms with van der Waals surface area (Å²) in [6, 6.07) is 15.5. The standard InChI is InChI=1S/C19H19NO4S/c1-13-10-15(19-9-4-14(2)24-19)12-16(11-13)20-25(21,22)18-7-5-17(23-3)6-8-18/h4-12,20H,1-3H3. The number of aryl methyl sites for hydroxylation is 2. The van der Waals surface area contributed by atoms with E-state index in [-0.39, 0.29) is 4.90 Å². The van der Waals surface area contributed by atoms with Crippen molar-refractivity contribution in [2.75, 3.05) is 11.8 Å². The lowest BCUT2D eigenvalue weighted by Gasteiger charge is -2.11. The summed E-state index contributed by atoms with van der Waals surface area (Å²) in [5.74, 6) is 2.10. The predicted octanol–water partition coefficient (Wildman–Crippen LogP) is 4.37. The number of nitrogens with one attached hydrogen (secondary N) is 1. The molecule has 1 N–H and O–H groups in total. The van der Waals surface area contributed by atoms with Crippen LogP contribution in [-0.2, 0) is 10.0 Å². The summed E-state index contributed by atoms with van der Waals surface area (Å²) in [6.07, 6.45) is 0. The van der Waals surface area contributed by atoms with Crippen molar-refractivity contribution in [1.82, 2.24) is 0 Å². The molecule has 3 aromatic rings. The summed E-state index contributed by atoms with van der Waals surface area (Å²) >= 11 is 0. The van der Waals surface area contributed by atoms with E-state index in [1.807, 2.05) is 32.0 Å². The van der Waals surface area contributed by atoms with Gasteiger partial charge in [0.15, 0.2) is 0 Å². The fourth-order valence-corrected chi connectivity index (χ4v) is 3.58.